The Morgan fingerprint density at radius 2 is 1.74 bits per heavy atom. The van der Waals surface area contributed by atoms with Crippen LogP contribution in [0, 0.1) is 17.3 Å². The second kappa shape index (κ2) is 13.3. The number of nitrogens with zero attached hydrogens (tertiary/aromatic N) is 2. The van der Waals surface area contributed by atoms with Gasteiger partial charge in [-0.3, -0.25) is 14.2 Å². The summed E-state index contributed by atoms with van der Waals surface area (Å²) in [6.07, 6.45) is -1.80. The third-order valence-electron chi connectivity index (χ3n) is 6.35. The van der Waals surface area contributed by atoms with Crippen molar-refractivity contribution >= 4 is 11.5 Å². The van der Waals surface area contributed by atoms with Gasteiger partial charge in [0, 0.05) is 61.8 Å². The summed E-state index contributed by atoms with van der Waals surface area (Å²) in [6.45, 7) is 7.28. The Morgan fingerprint density at radius 1 is 1.10 bits per heavy atom. The molecule has 0 saturated carbocycles. The molecule has 9 heteroatoms. The Labute approximate surface area is 239 Å². The van der Waals surface area contributed by atoms with Gasteiger partial charge in [0.2, 0.25) is 0 Å². The van der Waals surface area contributed by atoms with Crippen molar-refractivity contribution in [2.45, 2.75) is 45.7 Å². The van der Waals surface area contributed by atoms with Crippen LogP contribution in [0.4, 0.5) is 17.6 Å². The van der Waals surface area contributed by atoms with Crippen LogP contribution < -0.4 is 0 Å². The normalized spacial score (nSPS) is 18.7. The topological polar surface area (TPSA) is 66.9 Å². The molecular weight excluding hydrogens is 689 g/mol. The van der Waals surface area contributed by atoms with Gasteiger partial charge in [-0.05, 0) is 35.7 Å². The third-order valence-corrected chi connectivity index (χ3v) is 6.35. The Bertz CT molecular complexity index is 1320. The van der Waals surface area contributed by atoms with Crippen molar-refractivity contribution in [1.82, 2.24) is 4.98 Å². The van der Waals surface area contributed by atoms with Crippen LogP contribution in [0.5, 0.6) is 0 Å². The van der Waals surface area contributed by atoms with Gasteiger partial charge in [0.15, 0.2) is 0 Å². The Balaban J connectivity index is 0.000000592. The van der Waals surface area contributed by atoms with E-state index in [1.54, 1.807) is 6.20 Å². The van der Waals surface area contributed by atoms with E-state index in [-0.39, 0.29) is 49.0 Å². The Hall–Kier alpha value is -3.16. The van der Waals surface area contributed by atoms with Gasteiger partial charge >= 0.3 is 12.0 Å². The first-order chi connectivity index (χ1) is 17.8. The number of aliphatic hydroxyl groups excluding tert-OH is 1. The van der Waals surface area contributed by atoms with E-state index in [1.807, 2.05) is 62.4 Å². The second-order valence-corrected chi connectivity index (χ2v) is 9.69. The number of aliphatic imine (C=N–C) groups is 1. The predicted molar refractivity (Wildman–Crippen MR) is 141 cm³/mol. The molecule has 1 aliphatic rings. The van der Waals surface area contributed by atoms with Crippen LogP contribution in [-0.4, -0.2) is 32.9 Å². The molecule has 3 aromatic rings. The zero-order valence-corrected chi connectivity index (χ0v) is 24.3. The SMILES string of the molecule is CC(=[OH+])/C=C(/C)O.CC1(C)C(c2[c-]cc(F)c(C(F)(F)F)c2)=NCC(c2ccccc2)C1c1ccccn1.[Ir]. The molecule has 1 aliphatic heterocycles. The molecule has 209 valence electrons. The van der Waals surface area contributed by atoms with Crippen molar-refractivity contribution in [2.24, 2.45) is 10.4 Å². The summed E-state index contributed by atoms with van der Waals surface area (Å²) in [5.74, 6) is -1.23. The quantitative estimate of drug-likeness (QED) is 0.100. The minimum Gasteiger partial charge on any atom is -0.512 e. The van der Waals surface area contributed by atoms with E-state index in [2.05, 4.69) is 11.1 Å². The van der Waals surface area contributed by atoms with E-state index in [0.29, 0.717) is 12.3 Å². The molecule has 0 aliphatic carbocycles. The number of carbonyl (C=O) groups excluding carboxylic acids is 1. The molecule has 2 N–H and O–H groups in total. The average Bonchev–Trinajstić information content (AvgIpc) is 2.84. The first-order valence-corrected chi connectivity index (χ1v) is 12.0. The molecule has 0 fully saturated rings. The Morgan fingerprint density at radius 3 is 2.26 bits per heavy atom. The molecule has 4 nitrogen and oxygen atoms in total. The standard InChI is InChI=1S/C25H21F4N2.C5H8O2.Ir/c1-24(2)22(21-10-6-7-13-30-21)18(16-8-4-3-5-9-16)15-31-23(24)17-11-12-20(26)19(14-17)25(27,28)29;1-4(6)3-5(2)7;/h3-10,12-14,18,22H,15H2,1-2H3;3,6H,1-2H3;/q-1;;/p+1/b;4-3-;. The van der Waals surface area contributed by atoms with E-state index < -0.39 is 23.0 Å². The molecule has 1 aromatic heterocycles. The number of aromatic nitrogens is 1. The first kappa shape index (κ1) is 32.1. The zero-order chi connectivity index (χ0) is 28.1. The van der Waals surface area contributed by atoms with Gasteiger partial charge in [-0.1, -0.05) is 50.2 Å². The van der Waals surface area contributed by atoms with Crippen LogP contribution in [0.2, 0.25) is 0 Å². The molecule has 2 atom stereocenters. The van der Waals surface area contributed by atoms with Gasteiger partial charge in [0.25, 0.3) is 0 Å². The van der Waals surface area contributed by atoms with Crippen molar-refractivity contribution in [3.05, 3.63) is 113 Å². The van der Waals surface area contributed by atoms with Crippen molar-refractivity contribution in [2.75, 3.05) is 6.54 Å². The summed E-state index contributed by atoms with van der Waals surface area (Å²) in [5.41, 5.74) is 0.580. The number of allylic oxidation sites excluding steroid dienone is 2. The van der Waals surface area contributed by atoms with Crippen LogP contribution in [0.3, 0.4) is 0 Å². The molecule has 0 saturated heterocycles. The maximum Gasteiger partial charge on any atom is 0.402 e. The summed E-state index contributed by atoms with van der Waals surface area (Å²) in [7, 11) is 0. The number of pyridine rings is 1. The van der Waals surface area contributed by atoms with Crippen LogP contribution in [0.15, 0.2) is 83.7 Å². The molecular formula is C30H30F4IrN2O2. The average molecular weight is 719 g/mol. The molecule has 39 heavy (non-hydrogen) atoms. The molecule has 0 amide bonds. The summed E-state index contributed by atoms with van der Waals surface area (Å²) < 4.78 is 53.8. The first-order valence-electron chi connectivity index (χ1n) is 12.0. The van der Waals surface area contributed by atoms with E-state index >= 15 is 0 Å². The van der Waals surface area contributed by atoms with Gasteiger partial charge < -0.3 is 10.1 Å². The van der Waals surface area contributed by atoms with Crippen molar-refractivity contribution in [1.29, 1.82) is 0 Å². The van der Waals surface area contributed by atoms with Gasteiger partial charge in [0.1, 0.15) is 0 Å². The van der Waals surface area contributed by atoms with E-state index in [9.17, 15) is 17.6 Å². The molecule has 2 unspecified atom stereocenters. The molecule has 4 rings (SSSR count). The van der Waals surface area contributed by atoms with Crippen molar-refractivity contribution < 1.29 is 47.6 Å². The van der Waals surface area contributed by atoms with Crippen molar-refractivity contribution in [3.8, 4) is 0 Å². The number of aliphatic hydroxyl groups is 1. The van der Waals surface area contributed by atoms with Crippen LogP contribution in [0.25, 0.3) is 0 Å². The fourth-order valence-corrected chi connectivity index (χ4v) is 4.85. The maximum absolute atomic E-state index is 13.8. The van der Waals surface area contributed by atoms with Gasteiger partial charge in [-0.2, -0.15) is 13.2 Å². The largest absolute Gasteiger partial charge is 0.512 e. The number of alkyl halides is 3. The predicted octanol–water partition coefficient (Wildman–Crippen LogP) is 7.45. The van der Waals surface area contributed by atoms with Gasteiger partial charge in [0.05, 0.1) is 18.8 Å². The molecule has 0 spiro atoms. The van der Waals surface area contributed by atoms with Gasteiger partial charge in [-0.15, -0.1) is 23.8 Å². The summed E-state index contributed by atoms with van der Waals surface area (Å²) in [5, 5.41) is 8.40. The van der Waals surface area contributed by atoms with Crippen LogP contribution in [0.1, 0.15) is 61.9 Å². The van der Waals surface area contributed by atoms with Crippen molar-refractivity contribution in [3.63, 3.8) is 0 Å². The van der Waals surface area contributed by atoms with E-state index in [4.69, 9.17) is 14.9 Å². The van der Waals surface area contributed by atoms with E-state index in [1.165, 1.54) is 19.9 Å². The summed E-state index contributed by atoms with van der Waals surface area (Å²) >= 11 is 0. The maximum atomic E-state index is 13.8. The zero-order valence-electron chi connectivity index (χ0n) is 21.9. The summed E-state index contributed by atoms with van der Waals surface area (Å²) in [4.78, 5) is 17.7. The number of halogens is 4. The minimum atomic E-state index is -4.79. The van der Waals surface area contributed by atoms with Gasteiger partial charge in [-0.25, -0.2) is 0 Å². The minimum absolute atomic E-state index is 0. The number of hydrogen-bond acceptors (Lipinski definition) is 3. The molecule has 1 radical (unpaired) electrons. The Kier molecular flexibility index (Phi) is 10.9. The summed E-state index contributed by atoms with van der Waals surface area (Å²) in [6, 6.07) is 19.8. The fourth-order valence-electron chi connectivity index (χ4n) is 4.85. The number of ketones is 1. The smallest absolute Gasteiger partial charge is 0.402 e. The second-order valence-electron chi connectivity index (χ2n) is 9.69. The molecule has 0 bridgehead atoms. The van der Waals surface area contributed by atoms with Crippen LogP contribution in [-0.2, 0) is 26.3 Å². The monoisotopic (exact) mass is 719 g/mol. The third kappa shape index (κ3) is 7.93. The number of rotatable bonds is 4. The molecule has 2 aromatic carbocycles. The number of hydrogen-bond donors (Lipinski definition) is 1. The number of benzene rings is 2. The van der Waals surface area contributed by atoms with E-state index in [0.717, 1.165) is 23.4 Å². The molecule has 2 heterocycles. The fraction of sp³-hybridized carbons (Fsp3) is 0.300. The van der Waals surface area contributed by atoms with Crippen LogP contribution >= 0.6 is 0 Å².